The number of aryl methyl sites for hydroxylation is 1. The Balaban J connectivity index is 0.00000342. The number of amides is 2. The summed E-state index contributed by atoms with van der Waals surface area (Å²) in [6.45, 7) is 6.14. The third-order valence-electron chi connectivity index (χ3n) is 6.37. The molecule has 0 fully saturated rings. The van der Waals surface area contributed by atoms with Crippen molar-refractivity contribution in [3.05, 3.63) is 71.8 Å². The van der Waals surface area contributed by atoms with E-state index >= 15 is 0 Å². The van der Waals surface area contributed by atoms with E-state index in [1.165, 1.54) is 0 Å². The number of anilines is 1. The van der Waals surface area contributed by atoms with Crippen LogP contribution in [0.25, 0.3) is 10.8 Å². The fourth-order valence-electron chi connectivity index (χ4n) is 4.44. The molecule has 3 aromatic rings. The van der Waals surface area contributed by atoms with Crippen LogP contribution >= 0.6 is 12.4 Å². The lowest BCUT2D eigenvalue weighted by Gasteiger charge is -2.28. The van der Waals surface area contributed by atoms with Gasteiger partial charge in [-0.1, -0.05) is 48.5 Å². The number of carbonyl (C=O) groups excluding carboxylic acids is 2. The number of nitrogens with zero attached hydrogens (tertiary/aromatic N) is 1. The number of hydrogen-bond acceptors (Lipinski definition) is 4. The van der Waals surface area contributed by atoms with Crippen molar-refractivity contribution in [2.75, 3.05) is 11.9 Å². The van der Waals surface area contributed by atoms with E-state index in [-0.39, 0.29) is 36.4 Å². The molecule has 0 saturated carbocycles. The SMILES string of the molecule is CN[C@@H](C)C(=O)N[C@H]1CCc2ccccc2N(Cc2c(OC(C)C)ccc3ccccc23)C1=O.Cl. The Morgan fingerprint density at radius 1 is 1.06 bits per heavy atom. The van der Waals surface area contributed by atoms with Crippen LogP contribution < -0.4 is 20.3 Å². The molecule has 0 unspecified atom stereocenters. The quantitative estimate of drug-likeness (QED) is 0.501. The number of nitrogens with one attached hydrogen (secondary N) is 2. The largest absolute Gasteiger partial charge is 0.491 e. The lowest BCUT2D eigenvalue weighted by molar-refractivity contribution is -0.128. The summed E-state index contributed by atoms with van der Waals surface area (Å²) in [5.41, 5.74) is 2.95. The van der Waals surface area contributed by atoms with Gasteiger partial charge in [0.25, 0.3) is 0 Å². The highest BCUT2D eigenvalue weighted by atomic mass is 35.5. The molecular formula is C28H34ClN3O3. The van der Waals surface area contributed by atoms with E-state index < -0.39 is 6.04 Å². The predicted octanol–water partition coefficient (Wildman–Crippen LogP) is 4.62. The molecule has 0 spiro atoms. The van der Waals surface area contributed by atoms with Gasteiger partial charge in [0.2, 0.25) is 11.8 Å². The Bertz CT molecular complexity index is 1200. The second-order valence-electron chi connectivity index (χ2n) is 9.09. The Morgan fingerprint density at radius 3 is 2.51 bits per heavy atom. The maximum absolute atomic E-state index is 13.9. The highest BCUT2D eigenvalue weighted by Crippen LogP contribution is 2.34. The molecule has 4 rings (SSSR count). The first-order chi connectivity index (χ1) is 16.4. The van der Waals surface area contributed by atoms with Crippen molar-refractivity contribution in [1.29, 1.82) is 0 Å². The second-order valence-corrected chi connectivity index (χ2v) is 9.09. The van der Waals surface area contributed by atoms with Gasteiger partial charge < -0.3 is 20.3 Å². The van der Waals surface area contributed by atoms with E-state index in [1.807, 2.05) is 55.1 Å². The Labute approximate surface area is 213 Å². The van der Waals surface area contributed by atoms with Crippen LogP contribution in [0.1, 0.15) is 38.3 Å². The molecule has 1 aliphatic rings. The zero-order chi connectivity index (χ0) is 24.2. The van der Waals surface area contributed by atoms with E-state index in [4.69, 9.17) is 4.74 Å². The highest BCUT2D eigenvalue weighted by molar-refractivity contribution is 6.01. The normalized spacial score (nSPS) is 16.3. The van der Waals surface area contributed by atoms with Gasteiger partial charge >= 0.3 is 0 Å². The molecule has 2 amide bonds. The van der Waals surface area contributed by atoms with Gasteiger partial charge in [-0.3, -0.25) is 9.59 Å². The van der Waals surface area contributed by atoms with E-state index in [9.17, 15) is 9.59 Å². The molecule has 2 N–H and O–H groups in total. The molecule has 0 bridgehead atoms. The van der Waals surface area contributed by atoms with Crippen LogP contribution in [0.15, 0.2) is 60.7 Å². The molecule has 0 aliphatic carbocycles. The number of likely N-dealkylation sites (N-methyl/N-ethyl adjacent to an activating group) is 1. The van der Waals surface area contributed by atoms with Gasteiger partial charge in [0.05, 0.1) is 18.7 Å². The molecule has 35 heavy (non-hydrogen) atoms. The zero-order valence-corrected chi connectivity index (χ0v) is 21.5. The lowest BCUT2D eigenvalue weighted by Crippen LogP contribution is -2.52. The van der Waals surface area contributed by atoms with Crippen LogP contribution in [0, 0.1) is 0 Å². The van der Waals surface area contributed by atoms with Crippen molar-refractivity contribution in [3.8, 4) is 5.75 Å². The Hall–Kier alpha value is -3.09. The van der Waals surface area contributed by atoms with Crippen LogP contribution in [-0.2, 0) is 22.6 Å². The highest BCUT2D eigenvalue weighted by Gasteiger charge is 2.33. The van der Waals surface area contributed by atoms with Gasteiger partial charge in [-0.15, -0.1) is 12.4 Å². The maximum atomic E-state index is 13.9. The van der Waals surface area contributed by atoms with E-state index in [0.717, 1.165) is 33.3 Å². The number of carbonyl (C=O) groups is 2. The Kier molecular flexibility index (Phi) is 8.76. The first-order valence-electron chi connectivity index (χ1n) is 11.9. The van der Waals surface area contributed by atoms with Gasteiger partial charge in [-0.2, -0.15) is 0 Å². The number of ether oxygens (including phenoxy) is 1. The summed E-state index contributed by atoms with van der Waals surface area (Å²) in [5, 5.41) is 8.06. The summed E-state index contributed by atoms with van der Waals surface area (Å²) in [6.07, 6.45) is 1.27. The monoisotopic (exact) mass is 495 g/mol. The van der Waals surface area contributed by atoms with E-state index in [0.29, 0.717) is 19.4 Å². The predicted molar refractivity (Wildman–Crippen MR) is 143 cm³/mol. The molecular weight excluding hydrogens is 462 g/mol. The van der Waals surface area contributed by atoms with Crippen LogP contribution in [0.4, 0.5) is 5.69 Å². The molecule has 0 radical (unpaired) electrons. The van der Waals surface area contributed by atoms with Gasteiger partial charge in [0, 0.05) is 11.3 Å². The van der Waals surface area contributed by atoms with E-state index in [1.54, 1.807) is 14.0 Å². The average molecular weight is 496 g/mol. The summed E-state index contributed by atoms with van der Waals surface area (Å²) < 4.78 is 6.17. The van der Waals surface area contributed by atoms with Crippen molar-refractivity contribution in [3.63, 3.8) is 0 Å². The van der Waals surface area contributed by atoms with Crippen LogP contribution in [0.5, 0.6) is 5.75 Å². The molecule has 7 heteroatoms. The average Bonchev–Trinajstić information content (AvgIpc) is 2.96. The summed E-state index contributed by atoms with van der Waals surface area (Å²) in [6, 6.07) is 19.2. The summed E-state index contributed by atoms with van der Waals surface area (Å²) in [4.78, 5) is 28.3. The van der Waals surface area contributed by atoms with Crippen LogP contribution in [0.3, 0.4) is 0 Å². The van der Waals surface area contributed by atoms with Crippen molar-refractivity contribution >= 4 is 40.7 Å². The molecule has 1 aliphatic heterocycles. The fraction of sp³-hybridized carbons (Fsp3) is 0.357. The molecule has 0 saturated heterocycles. The van der Waals surface area contributed by atoms with Crippen LogP contribution in [0.2, 0.25) is 0 Å². The number of rotatable bonds is 7. The number of para-hydroxylation sites is 1. The first kappa shape index (κ1) is 26.5. The minimum absolute atomic E-state index is 0. The van der Waals surface area contributed by atoms with Gasteiger partial charge in [0.1, 0.15) is 11.8 Å². The summed E-state index contributed by atoms with van der Waals surface area (Å²) >= 11 is 0. The Morgan fingerprint density at radius 2 is 1.77 bits per heavy atom. The smallest absolute Gasteiger partial charge is 0.249 e. The zero-order valence-electron chi connectivity index (χ0n) is 20.7. The van der Waals surface area contributed by atoms with Crippen molar-refractivity contribution in [2.24, 2.45) is 0 Å². The van der Waals surface area contributed by atoms with Crippen LogP contribution in [-0.4, -0.2) is 37.0 Å². The fourth-order valence-corrected chi connectivity index (χ4v) is 4.44. The third kappa shape index (κ3) is 5.77. The van der Waals surface area contributed by atoms with Crippen molar-refractivity contribution < 1.29 is 14.3 Å². The number of hydrogen-bond donors (Lipinski definition) is 2. The van der Waals surface area contributed by atoms with Gasteiger partial charge in [-0.05, 0) is 69.1 Å². The summed E-state index contributed by atoms with van der Waals surface area (Å²) in [7, 11) is 1.73. The number of fused-ring (bicyclic) bond motifs is 2. The number of benzene rings is 3. The molecule has 3 aromatic carbocycles. The van der Waals surface area contributed by atoms with E-state index in [2.05, 4.69) is 34.9 Å². The van der Waals surface area contributed by atoms with Crippen molar-refractivity contribution in [2.45, 2.75) is 58.3 Å². The lowest BCUT2D eigenvalue weighted by atomic mass is 10.0. The van der Waals surface area contributed by atoms with Crippen molar-refractivity contribution in [1.82, 2.24) is 10.6 Å². The minimum atomic E-state index is -0.597. The third-order valence-corrected chi connectivity index (χ3v) is 6.37. The summed E-state index contributed by atoms with van der Waals surface area (Å²) in [5.74, 6) is 0.485. The second kappa shape index (κ2) is 11.6. The molecule has 186 valence electrons. The van der Waals surface area contributed by atoms with Gasteiger partial charge in [0.15, 0.2) is 0 Å². The standard InChI is InChI=1S/C28H33N3O3.ClH/c1-18(2)34-26-16-14-20-9-5-7-11-22(20)23(26)17-31-25-12-8-6-10-21(25)13-15-24(28(31)33)30-27(32)19(3)29-4;/h5-12,14,16,18-19,24,29H,13,15,17H2,1-4H3,(H,30,32);1H/t19-,24-;/m0./s1. The molecule has 1 heterocycles. The molecule has 2 atom stereocenters. The number of halogens is 1. The maximum Gasteiger partial charge on any atom is 0.249 e. The molecule has 0 aromatic heterocycles. The molecule has 6 nitrogen and oxygen atoms in total. The van der Waals surface area contributed by atoms with Gasteiger partial charge in [-0.25, -0.2) is 0 Å². The topological polar surface area (TPSA) is 70.7 Å². The first-order valence-corrected chi connectivity index (χ1v) is 11.9. The minimum Gasteiger partial charge on any atom is -0.491 e.